The van der Waals surface area contributed by atoms with Gasteiger partial charge in [-0.05, 0) is 128 Å². The van der Waals surface area contributed by atoms with E-state index in [4.69, 9.17) is 18.9 Å². The number of nitrogens with one attached hydrogen (secondary N) is 4. The second-order valence-corrected chi connectivity index (χ2v) is 21.4. The van der Waals surface area contributed by atoms with Gasteiger partial charge in [-0.2, -0.15) is 0 Å². The molecule has 10 heteroatoms. The topological polar surface area (TPSA) is 119 Å². The first kappa shape index (κ1) is 58.0. The lowest BCUT2D eigenvalue weighted by atomic mass is 9.88. The first-order valence-corrected chi connectivity index (χ1v) is 28.2. The van der Waals surface area contributed by atoms with Crippen LogP contribution in [0.15, 0.2) is 194 Å². The summed E-state index contributed by atoms with van der Waals surface area (Å²) in [6, 6.07) is 44.8. The van der Waals surface area contributed by atoms with E-state index in [9.17, 15) is 9.59 Å². The molecule has 0 spiro atoms. The van der Waals surface area contributed by atoms with Gasteiger partial charge in [0, 0.05) is 23.0 Å². The average Bonchev–Trinajstić information content (AvgIpc) is 3.90. The lowest BCUT2D eigenvalue weighted by Gasteiger charge is -2.19. The Bertz CT molecular complexity index is 2930. The molecule has 0 aromatic heterocycles. The zero-order valence-corrected chi connectivity index (χ0v) is 47.6. The first-order valence-electron chi connectivity index (χ1n) is 28.2. The molecule has 10 nitrogen and oxygen atoms in total. The number of hydrazine groups is 2. The molecule has 2 unspecified atom stereocenters. The molecule has 4 N–H and O–H groups in total. The summed E-state index contributed by atoms with van der Waals surface area (Å²) in [7, 11) is 0. The van der Waals surface area contributed by atoms with E-state index in [-0.39, 0.29) is 47.3 Å². The molecule has 6 aromatic rings. The van der Waals surface area contributed by atoms with Gasteiger partial charge >= 0.3 is 0 Å². The van der Waals surface area contributed by atoms with Crippen LogP contribution in [0.2, 0.25) is 0 Å². The van der Waals surface area contributed by atoms with E-state index in [0.717, 1.165) is 89.7 Å². The molecule has 2 amide bonds. The zero-order chi connectivity index (χ0) is 56.4. The molecule has 6 aromatic carbocycles. The van der Waals surface area contributed by atoms with Crippen molar-refractivity contribution in [3.8, 4) is 11.5 Å². The Kier molecular flexibility index (Phi) is 20.7. The molecule has 0 fully saturated rings. The lowest BCUT2D eigenvalue weighted by Crippen LogP contribution is -2.31. The van der Waals surface area contributed by atoms with Crippen LogP contribution in [-0.2, 0) is 9.47 Å². The maximum atomic E-state index is 13.4. The predicted octanol–water partition coefficient (Wildman–Crippen LogP) is 15.8. The number of hydrogen-bond donors (Lipinski definition) is 4. The Morgan fingerprint density at radius 3 is 1.09 bits per heavy atom. The zero-order valence-electron chi connectivity index (χ0n) is 47.6. The monoisotopic (exact) mass is 1070 g/mol. The Morgan fingerprint density at radius 1 is 0.412 bits per heavy atom. The smallest absolute Gasteiger partial charge is 0.270 e. The van der Waals surface area contributed by atoms with E-state index in [0.29, 0.717) is 39.6 Å². The van der Waals surface area contributed by atoms with E-state index >= 15 is 0 Å². The molecule has 2 aliphatic rings. The molecule has 8 rings (SSSR count). The van der Waals surface area contributed by atoms with Crippen molar-refractivity contribution in [2.75, 3.05) is 50.5 Å². The molecule has 0 heterocycles. The molecule has 80 heavy (non-hydrogen) atoms. The number of allylic oxidation sites excluding steroid dienone is 12. The molecule has 0 aliphatic heterocycles. The van der Waals surface area contributed by atoms with Crippen LogP contribution < -0.4 is 31.2 Å². The Labute approximate surface area is 474 Å². The fraction of sp³-hybridized carbons (Fsp3) is 0.286. The number of carbonyl (C=O) groups is 2. The number of carbonyl (C=O) groups excluding carboxylic acids is 2. The van der Waals surface area contributed by atoms with Crippen molar-refractivity contribution in [3.63, 3.8) is 0 Å². The van der Waals surface area contributed by atoms with Crippen LogP contribution in [0.4, 0.5) is 11.4 Å². The second kappa shape index (κ2) is 28.6. The SMILES string of the molecule is CC(C)c1cccc(C(C)C)c1C(=O)NNc1ccc(C2C=CC=C(c3ccc(OCCOCCOCCOc4ccc(C5=CC=CC(c6ccc(NNC(=O)c7c(C(C)C)cccc7C(C)C)cc6)C=C5)cc4)cc3)C=C2)cc1. The van der Waals surface area contributed by atoms with Crippen LogP contribution in [0, 0.1) is 0 Å². The second-order valence-electron chi connectivity index (χ2n) is 21.4. The van der Waals surface area contributed by atoms with Gasteiger partial charge in [-0.1, -0.05) is 201 Å². The summed E-state index contributed by atoms with van der Waals surface area (Å²) in [5, 5.41) is 0. The summed E-state index contributed by atoms with van der Waals surface area (Å²) in [5.41, 5.74) is 26.2. The highest BCUT2D eigenvalue weighted by Crippen LogP contribution is 2.32. The van der Waals surface area contributed by atoms with Crippen LogP contribution >= 0.6 is 0 Å². The van der Waals surface area contributed by atoms with Crippen molar-refractivity contribution in [2.24, 2.45) is 0 Å². The van der Waals surface area contributed by atoms with Crippen molar-refractivity contribution in [1.29, 1.82) is 0 Å². The molecular formula is C70H78N4O6. The van der Waals surface area contributed by atoms with Crippen LogP contribution in [0.25, 0.3) is 11.1 Å². The van der Waals surface area contributed by atoms with Crippen LogP contribution in [0.5, 0.6) is 11.5 Å². The number of anilines is 2. The van der Waals surface area contributed by atoms with Gasteiger partial charge in [0.1, 0.15) is 24.7 Å². The maximum Gasteiger partial charge on any atom is 0.270 e. The standard InChI is InChI=1S/C70H78N4O6/c1-47(2)63-17-11-18-64(48(3)4)67(63)69(75)73-71-59-33-25-55(26-34-59)51-13-9-15-53(23-21-51)57-29-37-61(38-30-57)79-45-43-77-41-42-78-44-46-80-62-39-31-58(32-40-62)54-16-10-14-52(22-24-54)56-27-35-60(36-28-56)72-74-70(76)68-65(49(5)6)19-12-20-66(68)50(7)8/h9-40,47-52,71-72H,41-46H2,1-8H3,(H,73,75)(H,74,76). The molecular weight excluding hydrogens is 993 g/mol. The van der Waals surface area contributed by atoms with Gasteiger partial charge in [-0.25, -0.2) is 0 Å². The van der Waals surface area contributed by atoms with E-state index in [1.165, 1.54) is 0 Å². The van der Waals surface area contributed by atoms with Gasteiger partial charge in [0.25, 0.3) is 11.8 Å². The van der Waals surface area contributed by atoms with Crippen molar-refractivity contribution in [3.05, 3.63) is 250 Å². The van der Waals surface area contributed by atoms with Crippen molar-refractivity contribution in [2.45, 2.75) is 90.9 Å². The first-order chi connectivity index (χ1) is 38.8. The Hall–Kier alpha value is -8.18. The van der Waals surface area contributed by atoms with E-state index in [2.05, 4.69) is 186 Å². The summed E-state index contributed by atoms with van der Waals surface area (Å²) < 4.78 is 23.4. The van der Waals surface area contributed by atoms with E-state index in [1.54, 1.807) is 0 Å². The van der Waals surface area contributed by atoms with E-state index < -0.39 is 0 Å². The van der Waals surface area contributed by atoms with Gasteiger partial charge in [0.05, 0.1) is 37.8 Å². The highest BCUT2D eigenvalue weighted by atomic mass is 16.6. The van der Waals surface area contributed by atoms with Gasteiger partial charge in [-0.15, -0.1) is 0 Å². The Balaban J connectivity index is 0.682. The molecule has 0 radical (unpaired) electrons. The van der Waals surface area contributed by atoms with Crippen LogP contribution in [0.1, 0.15) is 156 Å². The Morgan fingerprint density at radius 2 is 0.750 bits per heavy atom. The number of ether oxygens (including phenoxy) is 4. The van der Waals surface area contributed by atoms with Gasteiger partial charge < -0.3 is 18.9 Å². The number of hydrogen-bond acceptors (Lipinski definition) is 8. The van der Waals surface area contributed by atoms with E-state index in [1.807, 2.05) is 84.9 Å². The molecule has 0 saturated carbocycles. The summed E-state index contributed by atoms with van der Waals surface area (Å²) >= 11 is 0. The van der Waals surface area contributed by atoms with Gasteiger partial charge in [0.2, 0.25) is 0 Å². The average molecular weight is 1070 g/mol. The van der Waals surface area contributed by atoms with Crippen LogP contribution in [-0.4, -0.2) is 51.5 Å². The summed E-state index contributed by atoms with van der Waals surface area (Å²) in [6.07, 6.45) is 21.6. The molecule has 414 valence electrons. The summed E-state index contributed by atoms with van der Waals surface area (Å²) in [5.74, 6) is 2.48. The predicted molar refractivity (Wildman–Crippen MR) is 328 cm³/mol. The van der Waals surface area contributed by atoms with Crippen molar-refractivity contribution < 1.29 is 28.5 Å². The molecule has 2 atom stereocenters. The van der Waals surface area contributed by atoms with Gasteiger partial charge in [0.15, 0.2) is 0 Å². The summed E-state index contributed by atoms with van der Waals surface area (Å²) in [4.78, 5) is 26.8. The largest absolute Gasteiger partial charge is 0.491 e. The molecule has 2 aliphatic carbocycles. The van der Waals surface area contributed by atoms with Crippen LogP contribution in [0.3, 0.4) is 0 Å². The minimum Gasteiger partial charge on any atom is -0.491 e. The highest BCUT2D eigenvalue weighted by molar-refractivity contribution is 5.99. The van der Waals surface area contributed by atoms with Gasteiger partial charge in [-0.3, -0.25) is 31.3 Å². The fourth-order valence-electron chi connectivity index (χ4n) is 9.87. The lowest BCUT2D eigenvalue weighted by molar-refractivity contribution is 0.0273. The minimum atomic E-state index is -0.125. The third-order valence-corrected chi connectivity index (χ3v) is 14.3. The maximum absolute atomic E-state index is 13.4. The number of rotatable bonds is 25. The minimum absolute atomic E-state index is 0.108. The highest BCUT2D eigenvalue weighted by Gasteiger charge is 2.22. The molecule has 0 bridgehead atoms. The third-order valence-electron chi connectivity index (χ3n) is 14.3. The molecule has 0 saturated heterocycles. The summed E-state index contributed by atoms with van der Waals surface area (Å²) in [6.45, 7) is 19.6. The number of benzene rings is 6. The van der Waals surface area contributed by atoms with Crippen molar-refractivity contribution >= 4 is 34.3 Å². The van der Waals surface area contributed by atoms with Crippen molar-refractivity contribution in [1.82, 2.24) is 10.9 Å². The normalized spacial score (nSPS) is 14.9. The quantitative estimate of drug-likeness (QED) is 0.0331. The third kappa shape index (κ3) is 15.8. The number of amides is 2. The fourth-order valence-corrected chi connectivity index (χ4v) is 9.87.